The number of nitrogens with one attached hydrogen (secondary N) is 1. The summed E-state index contributed by atoms with van der Waals surface area (Å²) >= 11 is 1.70. The predicted octanol–water partition coefficient (Wildman–Crippen LogP) is 1.95. The van der Waals surface area contributed by atoms with Gasteiger partial charge in [-0.05, 0) is 12.3 Å². The minimum atomic E-state index is 0.223. The smallest absolute Gasteiger partial charge is 0.165 e. The highest BCUT2D eigenvalue weighted by atomic mass is 32.2. The zero-order valence-electron chi connectivity index (χ0n) is 6.46. The van der Waals surface area contributed by atoms with Crippen molar-refractivity contribution < 1.29 is 4.79 Å². The lowest BCUT2D eigenvalue weighted by Crippen LogP contribution is -1.97. The number of Topliss-reactive ketones (excluding diaryl/α,β-unsaturated/α-hetero) is 1. The monoisotopic (exact) mass is 169 g/mol. The molecular formula is C8H11NOS. The fraction of sp³-hybridized carbons (Fsp3) is 0.375. The van der Waals surface area contributed by atoms with Crippen LogP contribution in [0.5, 0.6) is 0 Å². The van der Waals surface area contributed by atoms with Crippen molar-refractivity contribution in [1.82, 2.24) is 4.98 Å². The average molecular weight is 169 g/mol. The lowest BCUT2D eigenvalue weighted by atomic mass is 10.2. The van der Waals surface area contributed by atoms with Crippen molar-refractivity contribution in [3.63, 3.8) is 0 Å². The number of ketones is 1. The molecule has 0 bridgehead atoms. The van der Waals surface area contributed by atoms with Crippen LogP contribution in [0.4, 0.5) is 0 Å². The van der Waals surface area contributed by atoms with Crippen molar-refractivity contribution >= 4 is 17.5 Å². The molecule has 0 saturated heterocycles. The maximum absolute atomic E-state index is 11.2. The molecule has 1 aromatic rings. The van der Waals surface area contributed by atoms with Crippen LogP contribution in [-0.2, 0) is 0 Å². The van der Waals surface area contributed by atoms with Gasteiger partial charge in [-0.1, -0.05) is 0 Å². The molecule has 3 heteroatoms. The molecule has 0 saturated carbocycles. The van der Waals surface area contributed by atoms with Gasteiger partial charge in [-0.2, -0.15) is 11.8 Å². The van der Waals surface area contributed by atoms with Gasteiger partial charge in [0.05, 0.1) is 0 Å². The Hall–Kier alpha value is -0.700. The first-order chi connectivity index (χ1) is 5.34. The highest BCUT2D eigenvalue weighted by Crippen LogP contribution is 2.04. The molecule has 0 amide bonds. The number of carbonyl (C=O) groups excluding carboxylic acids is 1. The van der Waals surface area contributed by atoms with Crippen LogP contribution < -0.4 is 0 Å². The van der Waals surface area contributed by atoms with Crippen LogP contribution in [0.25, 0.3) is 0 Å². The van der Waals surface area contributed by atoms with Gasteiger partial charge in [0, 0.05) is 30.1 Å². The van der Waals surface area contributed by atoms with Gasteiger partial charge in [0.15, 0.2) is 5.78 Å². The van der Waals surface area contributed by atoms with E-state index in [0.29, 0.717) is 6.42 Å². The number of aromatic nitrogens is 1. The maximum atomic E-state index is 11.2. The molecule has 1 N–H and O–H groups in total. The molecule has 0 unspecified atom stereocenters. The van der Waals surface area contributed by atoms with Crippen molar-refractivity contribution in [3.05, 3.63) is 24.0 Å². The van der Waals surface area contributed by atoms with Crippen LogP contribution >= 0.6 is 11.8 Å². The zero-order chi connectivity index (χ0) is 8.10. The van der Waals surface area contributed by atoms with Crippen LogP contribution in [0.15, 0.2) is 18.5 Å². The van der Waals surface area contributed by atoms with E-state index in [1.807, 2.05) is 12.3 Å². The second kappa shape index (κ2) is 4.23. The van der Waals surface area contributed by atoms with Gasteiger partial charge in [-0.3, -0.25) is 4.79 Å². The third-order valence-corrected chi connectivity index (χ3v) is 2.07. The Morgan fingerprint density at radius 2 is 2.55 bits per heavy atom. The summed E-state index contributed by atoms with van der Waals surface area (Å²) in [5, 5.41) is 0. The van der Waals surface area contributed by atoms with E-state index in [2.05, 4.69) is 4.98 Å². The third kappa shape index (κ3) is 2.42. The maximum Gasteiger partial charge on any atom is 0.165 e. The topological polar surface area (TPSA) is 32.9 Å². The first-order valence-corrected chi connectivity index (χ1v) is 4.89. The normalized spacial score (nSPS) is 9.91. The fourth-order valence-electron chi connectivity index (χ4n) is 0.836. The molecular weight excluding hydrogens is 158 g/mol. The zero-order valence-corrected chi connectivity index (χ0v) is 7.28. The van der Waals surface area contributed by atoms with Crippen LogP contribution in [-0.4, -0.2) is 22.8 Å². The Kier molecular flexibility index (Phi) is 3.23. The van der Waals surface area contributed by atoms with Gasteiger partial charge in [-0.15, -0.1) is 0 Å². The molecule has 0 spiro atoms. The molecule has 1 rings (SSSR count). The summed E-state index contributed by atoms with van der Waals surface area (Å²) in [6.07, 6.45) is 6.15. The summed E-state index contributed by atoms with van der Waals surface area (Å²) in [5.41, 5.74) is 0.791. The fourth-order valence-corrected chi connectivity index (χ4v) is 1.23. The summed E-state index contributed by atoms with van der Waals surface area (Å²) in [5.74, 6) is 1.13. The van der Waals surface area contributed by atoms with E-state index in [0.717, 1.165) is 11.3 Å². The molecule has 2 nitrogen and oxygen atoms in total. The molecule has 60 valence electrons. The van der Waals surface area contributed by atoms with E-state index in [1.165, 1.54) is 0 Å². The third-order valence-electron chi connectivity index (χ3n) is 1.45. The molecule has 0 aliphatic rings. The Bertz CT molecular complexity index is 218. The Balaban J connectivity index is 2.43. The van der Waals surface area contributed by atoms with Gasteiger partial charge in [0.1, 0.15) is 0 Å². The SMILES string of the molecule is CSCCC(=O)c1cc[nH]c1. The number of hydrogen-bond acceptors (Lipinski definition) is 2. The second-order valence-electron chi connectivity index (χ2n) is 2.27. The van der Waals surface area contributed by atoms with Gasteiger partial charge in [-0.25, -0.2) is 0 Å². The summed E-state index contributed by atoms with van der Waals surface area (Å²) in [6, 6.07) is 1.81. The molecule has 1 aromatic heterocycles. The average Bonchev–Trinajstić information content (AvgIpc) is 2.52. The van der Waals surface area contributed by atoms with Crippen molar-refractivity contribution in [2.75, 3.05) is 12.0 Å². The first kappa shape index (κ1) is 8.40. The van der Waals surface area contributed by atoms with E-state index in [4.69, 9.17) is 0 Å². The molecule has 0 aliphatic carbocycles. The molecule has 0 radical (unpaired) electrons. The van der Waals surface area contributed by atoms with Crippen LogP contribution in [0, 0.1) is 0 Å². The molecule has 1 heterocycles. The van der Waals surface area contributed by atoms with Gasteiger partial charge in [0.2, 0.25) is 0 Å². The number of H-pyrrole nitrogens is 1. The highest BCUT2D eigenvalue weighted by Gasteiger charge is 2.03. The minimum Gasteiger partial charge on any atom is -0.367 e. The lowest BCUT2D eigenvalue weighted by Gasteiger charge is -1.93. The molecule has 11 heavy (non-hydrogen) atoms. The number of thioether (sulfide) groups is 1. The summed E-state index contributed by atoms with van der Waals surface area (Å²) in [7, 11) is 0. The van der Waals surface area contributed by atoms with E-state index < -0.39 is 0 Å². The standard InChI is InChI=1S/C8H11NOS/c1-11-5-3-8(10)7-2-4-9-6-7/h2,4,6,9H,3,5H2,1H3. The van der Waals surface area contributed by atoms with Crippen LogP contribution in [0.3, 0.4) is 0 Å². The second-order valence-corrected chi connectivity index (χ2v) is 3.25. The van der Waals surface area contributed by atoms with Crippen molar-refractivity contribution in [2.24, 2.45) is 0 Å². The van der Waals surface area contributed by atoms with Gasteiger partial charge < -0.3 is 4.98 Å². The van der Waals surface area contributed by atoms with Crippen LogP contribution in [0.1, 0.15) is 16.8 Å². The Morgan fingerprint density at radius 3 is 3.09 bits per heavy atom. The largest absolute Gasteiger partial charge is 0.367 e. The minimum absolute atomic E-state index is 0.223. The number of aromatic amines is 1. The van der Waals surface area contributed by atoms with Crippen molar-refractivity contribution in [2.45, 2.75) is 6.42 Å². The molecule has 0 atom stereocenters. The molecule has 0 fully saturated rings. The van der Waals surface area contributed by atoms with Crippen molar-refractivity contribution in [3.8, 4) is 0 Å². The highest BCUT2D eigenvalue weighted by molar-refractivity contribution is 7.98. The number of rotatable bonds is 4. The molecule has 0 aliphatic heterocycles. The Morgan fingerprint density at radius 1 is 1.73 bits per heavy atom. The Labute approximate surface area is 70.4 Å². The van der Waals surface area contributed by atoms with Gasteiger partial charge in [0.25, 0.3) is 0 Å². The predicted molar refractivity (Wildman–Crippen MR) is 48.1 cm³/mol. The first-order valence-electron chi connectivity index (χ1n) is 3.49. The summed E-state index contributed by atoms with van der Waals surface area (Å²) < 4.78 is 0. The van der Waals surface area contributed by atoms with E-state index in [1.54, 1.807) is 24.2 Å². The lowest BCUT2D eigenvalue weighted by molar-refractivity contribution is 0.0989. The number of hydrogen-bond donors (Lipinski definition) is 1. The quantitative estimate of drug-likeness (QED) is 0.699. The van der Waals surface area contributed by atoms with Gasteiger partial charge >= 0.3 is 0 Å². The number of carbonyl (C=O) groups is 1. The summed E-state index contributed by atoms with van der Waals surface area (Å²) in [6.45, 7) is 0. The summed E-state index contributed by atoms with van der Waals surface area (Å²) in [4.78, 5) is 14.1. The van der Waals surface area contributed by atoms with Crippen molar-refractivity contribution in [1.29, 1.82) is 0 Å². The molecule has 0 aromatic carbocycles. The van der Waals surface area contributed by atoms with Crippen LogP contribution in [0.2, 0.25) is 0 Å². The van der Waals surface area contributed by atoms with E-state index in [9.17, 15) is 4.79 Å². The van der Waals surface area contributed by atoms with E-state index in [-0.39, 0.29) is 5.78 Å². The van der Waals surface area contributed by atoms with E-state index >= 15 is 0 Å².